The first-order valence-electron chi connectivity index (χ1n) is 14.9. The van der Waals surface area contributed by atoms with Crippen molar-refractivity contribution in [3.8, 4) is 11.5 Å². The Balaban J connectivity index is 2.23. The molecular weight excluding hydrogens is 725 g/mol. The average Bonchev–Trinajstić information content (AvgIpc) is 3.01. The van der Waals surface area contributed by atoms with Gasteiger partial charge in [-0.3, -0.25) is 0 Å². The lowest BCUT2D eigenvalue weighted by atomic mass is 10.0. The highest BCUT2D eigenvalue weighted by molar-refractivity contribution is 6.47. The second-order valence-corrected chi connectivity index (χ2v) is 13.2. The predicted molar refractivity (Wildman–Crippen MR) is 181 cm³/mol. The molecule has 2 aromatic carbocycles. The van der Waals surface area contributed by atoms with Gasteiger partial charge in [0, 0.05) is 0 Å². The van der Waals surface area contributed by atoms with Crippen LogP contribution in [0.15, 0.2) is 12.1 Å². The molecule has 254 valence electrons. The summed E-state index contributed by atoms with van der Waals surface area (Å²) < 4.78 is 20.9. The summed E-state index contributed by atoms with van der Waals surface area (Å²) >= 11 is 37.2. The van der Waals surface area contributed by atoms with E-state index in [2.05, 4.69) is 27.7 Å². The van der Waals surface area contributed by atoms with Crippen LogP contribution in [0.5, 0.6) is 11.5 Å². The fourth-order valence-electron chi connectivity index (χ4n) is 4.06. The lowest BCUT2D eigenvalue weighted by molar-refractivity contribution is -0.156. The molecule has 0 saturated heterocycles. The second kappa shape index (κ2) is 19.8. The summed E-state index contributed by atoms with van der Waals surface area (Å²) in [6.45, 7) is 8.55. The number of unbranched alkanes of at least 4 members (excludes halogenated alkanes) is 2. The van der Waals surface area contributed by atoms with Gasteiger partial charge in [0.05, 0.1) is 43.3 Å². The molecule has 0 aromatic heterocycles. The van der Waals surface area contributed by atoms with Gasteiger partial charge in [-0.15, -0.1) is 0 Å². The molecule has 2 aromatic rings. The smallest absolute Gasteiger partial charge is 0.423 e. The Bertz CT molecular complexity index is 1310. The van der Waals surface area contributed by atoms with Crippen LogP contribution in [0.4, 0.5) is 0 Å². The number of carbonyl (C=O) groups is 4. The minimum atomic E-state index is -1.64. The van der Waals surface area contributed by atoms with Crippen molar-refractivity contribution in [3.63, 3.8) is 0 Å². The fourth-order valence-corrected chi connectivity index (χ4v) is 5.50. The zero-order chi connectivity index (χ0) is 34.6. The Morgan fingerprint density at radius 1 is 0.587 bits per heavy atom. The minimum absolute atomic E-state index is 0.0533. The lowest BCUT2D eigenvalue weighted by Crippen LogP contribution is -2.27. The number of esters is 4. The molecule has 0 bridgehead atoms. The number of hydrogen-bond donors (Lipinski definition) is 0. The molecule has 0 aliphatic carbocycles. The molecule has 0 N–H and O–H groups in total. The third-order valence-corrected chi connectivity index (χ3v) is 9.40. The molecule has 0 radical (unpaired) electrons. The SMILES string of the molecule is CCC(C)CCCCOC(=O)c1c(Cl)c(Cl)cc(Cl)c1OC(=O)C(=O)Oc1c(Cl)cc(Cl)c(Cl)c1C(=O)OCCCCC(C)CC. The van der Waals surface area contributed by atoms with Gasteiger partial charge >= 0.3 is 23.9 Å². The van der Waals surface area contributed by atoms with E-state index in [-0.39, 0.29) is 43.3 Å². The van der Waals surface area contributed by atoms with E-state index in [1.807, 2.05) is 0 Å². The van der Waals surface area contributed by atoms with Gasteiger partial charge < -0.3 is 18.9 Å². The second-order valence-electron chi connectivity index (χ2n) is 10.8. The van der Waals surface area contributed by atoms with E-state index < -0.39 is 46.5 Å². The van der Waals surface area contributed by atoms with Gasteiger partial charge in [-0.05, 0) is 49.7 Å². The molecule has 0 fully saturated rings. The van der Waals surface area contributed by atoms with Crippen molar-refractivity contribution in [3.05, 3.63) is 53.4 Å². The Kier molecular flexibility index (Phi) is 17.3. The first-order valence-corrected chi connectivity index (χ1v) is 17.1. The molecule has 46 heavy (non-hydrogen) atoms. The van der Waals surface area contributed by atoms with E-state index in [0.29, 0.717) is 24.7 Å². The predicted octanol–water partition coefficient (Wildman–Crippen LogP) is 10.9. The number of ether oxygens (including phenoxy) is 4. The summed E-state index contributed by atoms with van der Waals surface area (Å²) in [6.07, 6.45) is 6.81. The van der Waals surface area contributed by atoms with E-state index in [1.54, 1.807) is 0 Å². The van der Waals surface area contributed by atoms with E-state index in [4.69, 9.17) is 88.6 Å². The molecule has 0 aliphatic rings. The molecule has 2 unspecified atom stereocenters. The summed E-state index contributed by atoms with van der Waals surface area (Å²) in [5, 5.41) is -1.50. The third kappa shape index (κ3) is 11.6. The highest BCUT2D eigenvalue weighted by Crippen LogP contribution is 2.41. The first kappa shape index (κ1) is 40.2. The molecule has 0 spiro atoms. The number of carbonyl (C=O) groups excluding carboxylic acids is 4. The van der Waals surface area contributed by atoms with Crippen LogP contribution in [0.2, 0.25) is 30.1 Å². The van der Waals surface area contributed by atoms with Crippen molar-refractivity contribution in [1.82, 2.24) is 0 Å². The molecule has 14 heteroatoms. The maximum atomic E-state index is 13.0. The van der Waals surface area contributed by atoms with Gasteiger partial charge in [0.1, 0.15) is 11.1 Å². The van der Waals surface area contributed by atoms with E-state index in [0.717, 1.165) is 50.7 Å². The molecule has 2 atom stereocenters. The first-order chi connectivity index (χ1) is 21.7. The third-order valence-electron chi connectivity index (χ3n) is 7.26. The van der Waals surface area contributed by atoms with Gasteiger partial charge in [-0.25, -0.2) is 19.2 Å². The normalized spacial score (nSPS) is 12.3. The van der Waals surface area contributed by atoms with Crippen molar-refractivity contribution in [2.24, 2.45) is 11.8 Å². The highest BCUT2D eigenvalue weighted by atomic mass is 35.5. The summed E-state index contributed by atoms with van der Waals surface area (Å²) in [4.78, 5) is 51.7. The van der Waals surface area contributed by atoms with E-state index >= 15 is 0 Å². The average molecular weight is 761 g/mol. The highest BCUT2D eigenvalue weighted by Gasteiger charge is 2.32. The van der Waals surface area contributed by atoms with Gasteiger partial charge in [0.25, 0.3) is 0 Å². The molecule has 0 saturated carbocycles. The van der Waals surface area contributed by atoms with Crippen LogP contribution in [-0.4, -0.2) is 37.1 Å². The Morgan fingerprint density at radius 2 is 0.935 bits per heavy atom. The monoisotopic (exact) mass is 758 g/mol. The number of hydrogen-bond acceptors (Lipinski definition) is 8. The molecule has 0 heterocycles. The fraction of sp³-hybridized carbons (Fsp3) is 0.500. The van der Waals surface area contributed by atoms with Crippen LogP contribution in [0.25, 0.3) is 0 Å². The largest absolute Gasteiger partial charge is 0.462 e. The van der Waals surface area contributed by atoms with E-state index in [1.165, 1.54) is 0 Å². The minimum Gasteiger partial charge on any atom is -0.462 e. The van der Waals surface area contributed by atoms with Gasteiger partial charge in [0.15, 0.2) is 11.5 Å². The molecule has 0 amide bonds. The van der Waals surface area contributed by atoms with Crippen LogP contribution >= 0.6 is 69.6 Å². The van der Waals surface area contributed by atoms with Crippen molar-refractivity contribution >= 4 is 93.5 Å². The maximum absolute atomic E-state index is 13.0. The van der Waals surface area contributed by atoms with Crippen LogP contribution in [-0.2, 0) is 19.1 Å². The molecular formula is C32H36Cl6O8. The zero-order valence-electron chi connectivity index (χ0n) is 25.9. The number of benzene rings is 2. The molecule has 2 rings (SSSR count). The summed E-state index contributed by atoms with van der Waals surface area (Å²) in [5.74, 6) is -5.34. The van der Waals surface area contributed by atoms with E-state index in [9.17, 15) is 19.2 Å². The van der Waals surface area contributed by atoms with Gasteiger partial charge in [-0.1, -0.05) is 123 Å². The van der Waals surface area contributed by atoms with Crippen molar-refractivity contribution < 1.29 is 38.1 Å². The summed E-state index contributed by atoms with van der Waals surface area (Å²) in [5.41, 5.74) is -0.931. The quantitative estimate of drug-likeness (QED) is 0.0547. The number of halogens is 6. The van der Waals surface area contributed by atoms with Crippen LogP contribution in [0.3, 0.4) is 0 Å². The topological polar surface area (TPSA) is 105 Å². The Labute approximate surface area is 299 Å². The standard InChI is InChI=1S/C32H36Cl6O8/c1-5-17(3)11-7-9-13-43-29(39)23-25(37)19(33)15-21(35)27(23)45-31(41)32(42)46-28-22(36)16-20(34)26(38)24(28)30(40)44-14-10-8-12-18(4)6-2/h15-18H,5-14H2,1-4H3. The van der Waals surface area contributed by atoms with Crippen molar-refractivity contribution in [1.29, 1.82) is 0 Å². The number of rotatable bonds is 16. The zero-order valence-corrected chi connectivity index (χ0v) is 30.4. The lowest BCUT2D eigenvalue weighted by Gasteiger charge is -2.16. The summed E-state index contributed by atoms with van der Waals surface area (Å²) in [6, 6.07) is 2.24. The van der Waals surface area contributed by atoms with Gasteiger partial charge in [-0.2, -0.15) is 0 Å². The molecule has 0 aliphatic heterocycles. The van der Waals surface area contributed by atoms with Crippen LogP contribution in [0, 0.1) is 11.8 Å². The molecule has 8 nitrogen and oxygen atoms in total. The summed E-state index contributed by atoms with van der Waals surface area (Å²) in [7, 11) is 0. The van der Waals surface area contributed by atoms with Crippen molar-refractivity contribution in [2.45, 2.75) is 79.1 Å². The van der Waals surface area contributed by atoms with Crippen LogP contribution in [0.1, 0.15) is 99.8 Å². The van der Waals surface area contributed by atoms with Crippen molar-refractivity contribution in [2.75, 3.05) is 13.2 Å². The van der Waals surface area contributed by atoms with Crippen LogP contribution < -0.4 is 9.47 Å². The Morgan fingerprint density at radius 3 is 1.26 bits per heavy atom. The van der Waals surface area contributed by atoms with Gasteiger partial charge in [0.2, 0.25) is 0 Å². The maximum Gasteiger partial charge on any atom is 0.423 e. The Hall–Kier alpha value is -1.94.